The van der Waals surface area contributed by atoms with Crippen LogP contribution >= 0.6 is 0 Å². The first-order valence-electron chi connectivity index (χ1n) is 8.86. The van der Waals surface area contributed by atoms with Crippen molar-refractivity contribution in [2.45, 2.75) is 70.3 Å². The molecule has 0 aromatic heterocycles. The number of unbranched alkanes of at least 4 members (excludes halogenated alkanes) is 1. The lowest BCUT2D eigenvalue weighted by molar-refractivity contribution is -0.137. The minimum absolute atomic E-state index is 0.0349. The van der Waals surface area contributed by atoms with Crippen molar-refractivity contribution < 1.29 is 19.5 Å². The fourth-order valence-electron chi connectivity index (χ4n) is 3.55. The van der Waals surface area contributed by atoms with Crippen molar-refractivity contribution >= 4 is 17.8 Å². The molecule has 2 fully saturated rings. The lowest BCUT2D eigenvalue weighted by Crippen LogP contribution is -2.40. The molecule has 0 bridgehead atoms. The number of hydrogen-bond donors (Lipinski definition) is 2. The summed E-state index contributed by atoms with van der Waals surface area (Å²) in [5, 5.41) is 11.5. The molecule has 1 aliphatic carbocycles. The number of carbonyl (C=O) groups is 3. The first-order chi connectivity index (χ1) is 11.1. The highest BCUT2D eigenvalue weighted by molar-refractivity contribution is 5.80. The van der Waals surface area contributed by atoms with Crippen LogP contribution in [0.3, 0.4) is 0 Å². The van der Waals surface area contributed by atoms with Gasteiger partial charge in [-0.3, -0.25) is 14.4 Å². The molecule has 0 radical (unpaired) electrons. The first-order valence-corrected chi connectivity index (χ1v) is 8.86. The van der Waals surface area contributed by atoms with Crippen LogP contribution in [0.15, 0.2) is 0 Å². The van der Waals surface area contributed by atoms with Gasteiger partial charge in [0.25, 0.3) is 0 Å². The van der Waals surface area contributed by atoms with Gasteiger partial charge in [-0.1, -0.05) is 19.3 Å². The molecular weight excluding hydrogens is 296 g/mol. The summed E-state index contributed by atoms with van der Waals surface area (Å²) in [5.41, 5.74) is 0. The number of likely N-dealkylation sites (tertiary alicyclic amines) is 1. The third-order valence-corrected chi connectivity index (χ3v) is 4.86. The topological polar surface area (TPSA) is 86.7 Å². The van der Waals surface area contributed by atoms with E-state index < -0.39 is 5.97 Å². The number of aliphatic carboxylic acids is 1. The molecule has 1 heterocycles. The maximum atomic E-state index is 12.5. The van der Waals surface area contributed by atoms with E-state index in [9.17, 15) is 14.4 Å². The molecule has 1 aliphatic heterocycles. The Kier molecular flexibility index (Phi) is 6.86. The van der Waals surface area contributed by atoms with E-state index in [4.69, 9.17) is 5.11 Å². The van der Waals surface area contributed by atoms with Gasteiger partial charge in [0.2, 0.25) is 11.8 Å². The fraction of sp³-hybridized carbons (Fsp3) is 0.824. The Morgan fingerprint density at radius 3 is 2.39 bits per heavy atom. The molecular formula is C17H28N2O4. The Morgan fingerprint density at radius 2 is 1.70 bits per heavy atom. The van der Waals surface area contributed by atoms with Crippen LogP contribution in [0.5, 0.6) is 0 Å². The summed E-state index contributed by atoms with van der Waals surface area (Å²) in [6.45, 7) is 1.36. The van der Waals surface area contributed by atoms with Crippen LogP contribution in [0.2, 0.25) is 0 Å². The zero-order chi connectivity index (χ0) is 16.7. The van der Waals surface area contributed by atoms with Gasteiger partial charge >= 0.3 is 5.97 Å². The molecule has 130 valence electrons. The second-order valence-corrected chi connectivity index (χ2v) is 6.77. The highest BCUT2D eigenvalue weighted by Crippen LogP contribution is 2.26. The molecule has 23 heavy (non-hydrogen) atoms. The smallest absolute Gasteiger partial charge is 0.303 e. The first kappa shape index (κ1) is 17.8. The molecule has 6 heteroatoms. The van der Waals surface area contributed by atoms with Crippen molar-refractivity contribution in [2.24, 2.45) is 5.92 Å². The van der Waals surface area contributed by atoms with Gasteiger partial charge in [0.05, 0.1) is 0 Å². The predicted octanol–water partition coefficient (Wildman–Crippen LogP) is 1.93. The number of carboxylic acid groups (broad SMARTS) is 1. The van der Waals surface area contributed by atoms with Gasteiger partial charge in [-0.15, -0.1) is 0 Å². The third-order valence-electron chi connectivity index (χ3n) is 4.86. The maximum Gasteiger partial charge on any atom is 0.303 e. The lowest BCUT2D eigenvalue weighted by atomic mass is 9.88. The number of nitrogens with one attached hydrogen (secondary N) is 1. The molecule has 1 atom stereocenters. The minimum atomic E-state index is -0.821. The molecule has 0 aromatic rings. The predicted molar refractivity (Wildman–Crippen MR) is 85.8 cm³/mol. The van der Waals surface area contributed by atoms with Gasteiger partial charge in [0, 0.05) is 37.9 Å². The van der Waals surface area contributed by atoms with Gasteiger partial charge in [-0.25, -0.2) is 0 Å². The standard InChI is InChI=1S/C17H28N2O4/c20-15(8-4-5-9-16(21)22)18-14-10-11-19(12-14)17(23)13-6-2-1-3-7-13/h13-14H,1-12H2,(H,18,20)(H,21,22). The zero-order valence-corrected chi connectivity index (χ0v) is 13.8. The van der Waals surface area contributed by atoms with Gasteiger partial charge in [0.15, 0.2) is 0 Å². The number of hydrogen-bond acceptors (Lipinski definition) is 3. The Morgan fingerprint density at radius 1 is 1.00 bits per heavy atom. The molecule has 2 N–H and O–H groups in total. The molecule has 0 aromatic carbocycles. The molecule has 6 nitrogen and oxygen atoms in total. The quantitative estimate of drug-likeness (QED) is 0.701. The number of amides is 2. The van der Waals surface area contributed by atoms with Gasteiger partial charge in [0.1, 0.15) is 0 Å². The lowest BCUT2D eigenvalue weighted by Gasteiger charge is -2.26. The van der Waals surface area contributed by atoms with Crippen LogP contribution in [-0.2, 0) is 14.4 Å². The average Bonchev–Trinajstić information content (AvgIpc) is 3.00. The normalized spacial score (nSPS) is 22.1. The Hall–Kier alpha value is -1.59. The summed E-state index contributed by atoms with van der Waals surface area (Å²) in [5.74, 6) is -0.400. The second-order valence-electron chi connectivity index (χ2n) is 6.77. The molecule has 1 saturated heterocycles. The maximum absolute atomic E-state index is 12.5. The summed E-state index contributed by atoms with van der Waals surface area (Å²) in [6, 6.07) is 0.0505. The third kappa shape index (κ3) is 5.84. The van der Waals surface area contributed by atoms with Crippen LogP contribution in [-0.4, -0.2) is 46.9 Å². The van der Waals surface area contributed by atoms with Crippen LogP contribution in [0.1, 0.15) is 64.2 Å². The number of nitrogens with zero attached hydrogens (tertiary/aromatic N) is 1. The molecule has 2 aliphatic rings. The zero-order valence-electron chi connectivity index (χ0n) is 13.8. The molecule has 2 amide bonds. The molecule has 1 saturated carbocycles. The van der Waals surface area contributed by atoms with Gasteiger partial charge < -0.3 is 15.3 Å². The Labute approximate surface area is 137 Å². The fourth-order valence-corrected chi connectivity index (χ4v) is 3.55. The highest BCUT2D eigenvalue weighted by Gasteiger charge is 2.31. The van der Waals surface area contributed by atoms with Crippen LogP contribution in [0.4, 0.5) is 0 Å². The van der Waals surface area contributed by atoms with Crippen molar-refractivity contribution in [3.8, 4) is 0 Å². The van der Waals surface area contributed by atoms with E-state index in [1.54, 1.807) is 0 Å². The SMILES string of the molecule is O=C(O)CCCCC(=O)NC1CCN(C(=O)C2CCCCC2)C1. The molecule has 2 rings (SSSR count). The van der Waals surface area contributed by atoms with Gasteiger partial charge in [-0.05, 0) is 32.1 Å². The van der Waals surface area contributed by atoms with Crippen molar-refractivity contribution in [2.75, 3.05) is 13.1 Å². The van der Waals surface area contributed by atoms with E-state index in [2.05, 4.69) is 5.32 Å². The van der Waals surface area contributed by atoms with Crippen LogP contribution in [0.25, 0.3) is 0 Å². The van der Waals surface area contributed by atoms with Crippen molar-refractivity contribution in [3.05, 3.63) is 0 Å². The number of carboxylic acids is 1. The van der Waals surface area contributed by atoms with E-state index in [0.717, 1.165) is 38.6 Å². The largest absolute Gasteiger partial charge is 0.481 e. The van der Waals surface area contributed by atoms with Crippen LogP contribution in [0, 0.1) is 5.92 Å². The summed E-state index contributed by atoms with van der Waals surface area (Å²) in [6.07, 6.45) is 7.98. The minimum Gasteiger partial charge on any atom is -0.481 e. The number of carbonyl (C=O) groups excluding carboxylic acids is 2. The van der Waals surface area contributed by atoms with Crippen molar-refractivity contribution in [1.29, 1.82) is 0 Å². The summed E-state index contributed by atoms with van der Waals surface area (Å²) in [7, 11) is 0. The number of rotatable bonds is 7. The summed E-state index contributed by atoms with van der Waals surface area (Å²) in [4.78, 5) is 36.6. The van der Waals surface area contributed by atoms with Crippen molar-refractivity contribution in [3.63, 3.8) is 0 Å². The second kappa shape index (κ2) is 8.89. The monoisotopic (exact) mass is 324 g/mol. The van der Waals surface area contributed by atoms with Crippen molar-refractivity contribution in [1.82, 2.24) is 10.2 Å². The van der Waals surface area contributed by atoms with E-state index in [1.165, 1.54) is 6.42 Å². The van der Waals surface area contributed by atoms with E-state index >= 15 is 0 Å². The Balaban J connectivity index is 1.65. The van der Waals surface area contributed by atoms with Crippen LogP contribution < -0.4 is 5.32 Å². The van der Waals surface area contributed by atoms with E-state index in [-0.39, 0.29) is 30.2 Å². The molecule has 0 spiro atoms. The summed E-state index contributed by atoms with van der Waals surface area (Å²) >= 11 is 0. The van der Waals surface area contributed by atoms with E-state index in [0.29, 0.717) is 25.8 Å². The summed E-state index contributed by atoms with van der Waals surface area (Å²) < 4.78 is 0. The highest BCUT2D eigenvalue weighted by atomic mass is 16.4. The average molecular weight is 324 g/mol. The Bertz CT molecular complexity index is 432. The van der Waals surface area contributed by atoms with E-state index in [1.807, 2.05) is 4.90 Å². The van der Waals surface area contributed by atoms with Gasteiger partial charge in [-0.2, -0.15) is 0 Å². The molecule has 1 unspecified atom stereocenters.